The minimum atomic E-state index is -0.560. The predicted molar refractivity (Wildman–Crippen MR) is 104 cm³/mol. The van der Waals surface area contributed by atoms with Crippen molar-refractivity contribution in [1.82, 2.24) is 10.9 Å². The van der Waals surface area contributed by atoms with Crippen molar-refractivity contribution >= 4 is 17.9 Å². The Morgan fingerprint density at radius 2 is 1.90 bits per heavy atom. The quantitative estimate of drug-likeness (QED) is 0.594. The number of carbonyl (C=O) groups excluding carboxylic acids is 2. The van der Waals surface area contributed by atoms with E-state index >= 15 is 0 Å². The summed E-state index contributed by atoms with van der Waals surface area (Å²) in [4.78, 5) is 23.7. The number of nitrogens with zero attached hydrogens (tertiary/aromatic N) is 1. The summed E-state index contributed by atoms with van der Waals surface area (Å²) in [6.07, 6.45) is 3.69. The highest BCUT2D eigenvalue weighted by Gasteiger charge is 2.10. The largest absolute Gasteiger partial charge is 0.490 e. The molecule has 0 atom stereocenters. The predicted octanol–water partition coefficient (Wildman–Crippen LogP) is 1.96. The smallest absolute Gasteiger partial charge is 0.276 e. The summed E-state index contributed by atoms with van der Waals surface area (Å²) < 4.78 is 16.4. The number of rotatable bonds is 5. The van der Waals surface area contributed by atoms with Crippen LogP contribution in [0.15, 0.2) is 48.5 Å². The van der Waals surface area contributed by atoms with E-state index in [9.17, 15) is 9.59 Å². The van der Waals surface area contributed by atoms with E-state index < -0.39 is 11.8 Å². The van der Waals surface area contributed by atoms with Crippen LogP contribution in [0.1, 0.15) is 17.5 Å². The second-order valence-electron chi connectivity index (χ2n) is 6.02. The average Bonchev–Trinajstić information content (AvgIpc) is 3.00. The van der Waals surface area contributed by atoms with E-state index in [1.807, 2.05) is 6.07 Å². The van der Waals surface area contributed by atoms with Gasteiger partial charge in [0.1, 0.15) is 11.8 Å². The van der Waals surface area contributed by atoms with Crippen molar-refractivity contribution in [2.24, 2.45) is 0 Å². The molecule has 0 bridgehead atoms. The van der Waals surface area contributed by atoms with Gasteiger partial charge in [0.2, 0.25) is 0 Å². The van der Waals surface area contributed by atoms with Crippen molar-refractivity contribution in [2.45, 2.75) is 6.42 Å². The molecule has 2 aromatic rings. The van der Waals surface area contributed by atoms with E-state index in [1.54, 1.807) is 48.5 Å². The zero-order valence-corrected chi connectivity index (χ0v) is 15.5. The second kappa shape index (κ2) is 9.80. The van der Waals surface area contributed by atoms with Crippen LogP contribution in [-0.2, 0) is 9.59 Å². The van der Waals surface area contributed by atoms with Gasteiger partial charge in [-0.3, -0.25) is 20.4 Å². The summed E-state index contributed by atoms with van der Waals surface area (Å²) in [7, 11) is 0. The molecule has 1 aliphatic heterocycles. The Balaban J connectivity index is 1.46. The normalized spacial score (nSPS) is 12.5. The minimum Gasteiger partial charge on any atom is -0.490 e. The van der Waals surface area contributed by atoms with Gasteiger partial charge < -0.3 is 14.2 Å². The summed E-state index contributed by atoms with van der Waals surface area (Å²) in [5, 5.41) is 8.98. The van der Waals surface area contributed by atoms with Gasteiger partial charge in [0.05, 0.1) is 18.8 Å². The fourth-order valence-electron chi connectivity index (χ4n) is 2.49. The van der Waals surface area contributed by atoms with Crippen LogP contribution in [0.3, 0.4) is 0 Å². The van der Waals surface area contributed by atoms with Crippen LogP contribution in [0.25, 0.3) is 6.08 Å². The molecule has 2 aromatic carbocycles. The molecule has 8 heteroatoms. The molecule has 0 aliphatic carbocycles. The van der Waals surface area contributed by atoms with Gasteiger partial charge in [-0.1, -0.05) is 18.2 Å². The Morgan fingerprint density at radius 1 is 1.10 bits per heavy atom. The maximum Gasteiger partial charge on any atom is 0.276 e. The third-order valence-corrected chi connectivity index (χ3v) is 3.89. The van der Waals surface area contributed by atoms with Crippen LogP contribution in [0, 0.1) is 11.3 Å². The van der Waals surface area contributed by atoms with Gasteiger partial charge >= 0.3 is 0 Å². The van der Waals surface area contributed by atoms with Gasteiger partial charge in [-0.25, -0.2) is 0 Å². The van der Waals surface area contributed by atoms with E-state index in [4.69, 9.17) is 19.5 Å². The Labute approximate surface area is 167 Å². The number of fused-ring (bicyclic) bond motifs is 1. The van der Waals surface area contributed by atoms with Crippen LogP contribution >= 0.6 is 0 Å². The van der Waals surface area contributed by atoms with Crippen LogP contribution in [0.5, 0.6) is 17.2 Å². The fourth-order valence-corrected chi connectivity index (χ4v) is 2.49. The highest BCUT2D eigenvalue weighted by Crippen LogP contribution is 2.30. The molecule has 0 saturated heterocycles. The Morgan fingerprint density at radius 3 is 2.72 bits per heavy atom. The first kappa shape index (κ1) is 19.8. The molecular weight excluding hydrogens is 374 g/mol. The number of nitriles is 1. The molecule has 0 fully saturated rings. The number of benzene rings is 2. The minimum absolute atomic E-state index is 0.297. The van der Waals surface area contributed by atoms with Gasteiger partial charge in [-0.15, -0.1) is 0 Å². The van der Waals surface area contributed by atoms with Crippen molar-refractivity contribution in [2.75, 3.05) is 19.8 Å². The van der Waals surface area contributed by atoms with Crippen molar-refractivity contribution in [3.8, 4) is 23.3 Å². The standard InChI is InChI=1S/C21H19N3O5/c22-13-16-4-1-2-5-17(16)29-14-21(26)24-23-20(25)9-7-15-6-8-18-19(12-15)28-11-3-10-27-18/h1-2,4-9,12H,3,10-11,14H2,(H,23,25)(H,24,26). The fraction of sp³-hybridized carbons (Fsp3) is 0.190. The number of ether oxygens (including phenoxy) is 3. The number of hydrazine groups is 1. The monoisotopic (exact) mass is 393 g/mol. The molecule has 0 spiro atoms. The molecule has 2 amide bonds. The van der Waals surface area contributed by atoms with Gasteiger partial charge in [0.25, 0.3) is 11.8 Å². The van der Waals surface area contributed by atoms with E-state index in [0.29, 0.717) is 36.0 Å². The first-order valence-electron chi connectivity index (χ1n) is 8.94. The van der Waals surface area contributed by atoms with Gasteiger partial charge in [-0.2, -0.15) is 5.26 Å². The molecule has 3 rings (SSSR count). The summed E-state index contributed by atoms with van der Waals surface area (Å²) >= 11 is 0. The first-order chi connectivity index (χ1) is 14.2. The maximum atomic E-state index is 11.9. The third kappa shape index (κ3) is 5.74. The second-order valence-corrected chi connectivity index (χ2v) is 6.02. The van der Waals surface area contributed by atoms with Crippen molar-refractivity contribution in [3.63, 3.8) is 0 Å². The van der Waals surface area contributed by atoms with Crippen LogP contribution in [0.2, 0.25) is 0 Å². The van der Waals surface area contributed by atoms with Crippen LogP contribution in [0.4, 0.5) is 0 Å². The SMILES string of the molecule is N#Cc1ccccc1OCC(=O)NNC(=O)C=Cc1ccc2c(c1)OCCCO2. The lowest BCUT2D eigenvalue weighted by molar-refractivity contribution is -0.128. The summed E-state index contributed by atoms with van der Waals surface area (Å²) in [6.45, 7) is 0.842. The van der Waals surface area contributed by atoms with Crippen molar-refractivity contribution in [1.29, 1.82) is 5.26 Å². The topological polar surface area (TPSA) is 110 Å². The van der Waals surface area contributed by atoms with E-state index in [2.05, 4.69) is 10.9 Å². The molecule has 8 nitrogen and oxygen atoms in total. The molecular formula is C21H19N3O5. The molecule has 0 aromatic heterocycles. The molecule has 148 valence electrons. The first-order valence-corrected chi connectivity index (χ1v) is 8.94. The van der Waals surface area contributed by atoms with Crippen molar-refractivity contribution < 1.29 is 23.8 Å². The van der Waals surface area contributed by atoms with E-state index in [-0.39, 0.29) is 6.61 Å². The Kier molecular flexibility index (Phi) is 6.68. The highest BCUT2D eigenvalue weighted by molar-refractivity contribution is 5.93. The maximum absolute atomic E-state index is 11.9. The molecule has 2 N–H and O–H groups in total. The molecule has 1 aliphatic rings. The zero-order valence-electron chi connectivity index (χ0n) is 15.5. The lowest BCUT2D eigenvalue weighted by Gasteiger charge is -2.09. The average molecular weight is 393 g/mol. The number of hydrogen-bond acceptors (Lipinski definition) is 6. The van der Waals surface area contributed by atoms with E-state index in [1.165, 1.54) is 6.08 Å². The number of para-hydroxylation sites is 1. The molecule has 29 heavy (non-hydrogen) atoms. The molecule has 0 saturated carbocycles. The Hall–Kier alpha value is -3.99. The number of carbonyl (C=O) groups is 2. The van der Waals surface area contributed by atoms with Gasteiger partial charge in [0, 0.05) is 12.5 Å². The molecule has 0 radical (unpaired) electrons. The summed E-state index contributed by atoms with van der Waals surface area (Å²) in [6, 6.07) is 13.9. The lowest BCUT2D eigenvalue weighted by atomic mass is 10.2. The lowest BCUT2D eigenvalue weighted by Crippen LogP contribution is -2.43. The summed E-state index contributed by atoms with van der Waals surface area (Å²) in [5.74, 6) is 0.534. The molecule has 0 unspecified atom stereocenters. The summed E-state index contributed by atoms with van der Waals surface area (Å²) in [5.41, 5.74) is 5.58. The number of nitrogens with one attached hydrogen (secondary N) is 2. The number of amides is 2. The van der Waals surface area contributed by atoms with E-state index in [0.717, 1.165) is 12.0 Å². The number of hydrogen-bond donors (Lipinski definition) is 2. The van der Waals surface area contributed by atoms with Gasteiger partial charge in [-0.05, 0) is 35.9 Å². The van der Waals surface area contributed by atoms with Crippen molar-refractivity contribution in [3.05, 3.63) is 59.7 Å². The zero-order chi connectivity index (χ0) is 20.5. The van der Waals surface area contributed by atoms with Gasteiger partial charge in [0.15, 0.2) is 18.1 Å². The third-order valence-electron chi connectivity index (χ3n) is 3.89. The van der Waals surface area contributed by atoms with Crippen LogP contribution in [-0.4, -0.2) is 31.6 Å². The Bertz CT molecular complexity index is 965. The highest BCUT2D eigenvalue weighted by atomic mass is 16.5. The van der Waals surface area contributed by atoms with Crippen LogP contribution < -0.4 is 25.1 Å². The molecule has 1 heterocycles.